The number of halogens is 2. The van der Waals surface area contributed by atoms with Crippen LogP contribution < -0.4 is 5.73 Å². The Kier molecular flexibility index (Phi) is 5.61. The van der Waals surface area contributed by atoms with Crippen LogP contribution >= 0.6 is 0 Å². The lowest BCUT2D eigenvalue weighted by Crippen LogP contribution is -2.16. The second-order valence-electron chi connectivity index (χ2n) is 6.38. The Morgan fingerprint density at radius 3 is 2.24 bits per heavy atom. The van der Waals surface area contributed by atoms with Crippen molar-refractivity contribution < 1.29 is 22.0 Å². The van der Waals surface area contributed by atoms with Gasteiger partial charge in [0.1, 0.15) is 11.6 Å². The largest absolute Gasteiger partial charge is 0.366 e. The molecule has 0 saturated heterocycles. The van der Waals surface area contributed by atoms with Crippen molar-refractivity contribution in [2.75, 3.05) is 0 Å². The molecule has 0 aliphatic carbocycles. The molecule has 7 heteroatoms. The molecule has 0 aromatic heterocycles. The summed E-state index contributed by atoms with van der Waals surface area (Å²) in [6, 6.07) is 13.4. The van der Waals surface area contributed by atoms with Gasteiger partial charge in [0.05, 0.1) is 15.4 Å². The van der Waals surface area contributed by atoms with Crippen molar-refractivity contribution >= 4 is 27.9 Å². The molecule has 3 aromatic carbocycles. The number of carbonyl (C=O) groups excluding carboxylic acids is 1. The van der Waals surface area contributed by atoms with Gasteiger partial charge in [-0.25, -0.2) is 17.2 Å². The molecule has 3 aromatic rings. The van der Waals surface area contributed by atoms with Crippen molar-refractivity contribution in [2.24, 2.45) is 5.73 Å². The predicted molar refractivity (Wildman–Crippen MR) is 107 cm³/mol. The molecule has 3 rings (SSSR count). The Bertz CT molecular complexity index is 1230. The van der Waals surface area contributed by atoms with Gasteiger partial charge in [-0.1, -0.05) is 30.4 Å². The highest BCUT2D eigenvalue weighted by molar-refractivity contribution is 7.91. The van der Waals surface area contributed by atoms with E-state index in [1.54, 1.807) is 19.1 Å². The highest BCUT2D eigenvalue weighted by Gasteiger charge is 2.23. The number of carbonyl (C=O) groups is 1. The molecule has 4 nitrogen and oxygen atoms in total. The van der Waals surface area contributed by atoms with Crippen LogP contribution in [-0.4, -0.2) is 14.3 Å². The summed E-state index contributed by atoms with van der Waals surface area (Å²) < 4.78 is 52.7. The number of amides is 1. The monoisotopic (exact) mass is 413 g/mol. The lowest BCUT2D eigenvalue weighted by molar-refractivity contribution is 0.0997. The molecule has 148 valence electrons. The number of hydrogen-bond acceptors (Lipinski definition) is 3. The zero-order valence-corrected chi connectivity index (χ0v) is 16.2. The molecular weight excluding hydrogens is 396 g/mol. The van der Waals surface area contributed by atoms with Crippen LogP contribution in [0.15, 0.2) is 70.5 Å². The fraction of sp³-hybridized carbons (Fsp3) is 0.0455. The van der Waals surface area contributed by atoms with Crippen LogP contribution in [0, 0.1) is 18.6 Å². The van der Waals surface area contributed by atoms with E-state index < -0.39 is 27.4 Å². The van der Waals surface area contributed by atoms with Crippen LogP contribution in [0.2, 0.25) is 0 Å². The van der Waals surface area contributed by atoms with Gasteiger partial charge in [0.15, 0.2) is 0 Å². The average Bonchev–Trinajstić information content (AvgIpc) is 2.68. The van der Waals surface area contributed by atoms with Crippen molar-refractivity contribution in [2.45, 2.75) is 16.7 Å². The van der Waals surface area contributed by atoms with Crippen molar-refractivity contribution in [3.8, 4) is 0 Å². The van der Waals surface area contributed by atoms with Gasteiger partial charge in [-0.15, -0.1) is 0 Å². The highest BCUT2D eigenvalue weighted by atomic mass is 32.2. The quantitative estimate of drug-likeness (QED) is 0.631. The lowest BCUT2D eigenvalue weighted by atomic mass is 10.1. The van der Waals surface area contributed by atoms with E-state index in [-0.39, 0.29) is 20.9 Å². The summed E-state index contributed by atoms with van der Waals surface area (Å²) >= 11 is 0. The van der Waals surface area contributed by atoms with E-state index in [9.17, 15) is 22.0 Å². The van der Waals surface area contributed by atoms with Crippen molar-refractivity contribution in [1.82, 2.24) is 0 Å². The standard InChI is InChI=1S/C22H17F2NO3S/c1-14-12-18(29(27,28)21-5-3-2-4-19(21)22(25)26)11-9-15(14)6-7-16-8-10-17(23)13-20(16)24/h2-13H,1H3,(H2,25,26)/b7-6+. The molecule has 1 amide bonds. The molecule has 0 unspecified atom stereocenters. The second kappa shape index (κ2) is 7.97. The van der Waals surface area contributed by atoms with Gasteiger partial charge in [0.25, 0.3) is 0 Å². The van der Waals surface area contributed by atoms with E-state index in [1.165, 1.54) is 48.5 Å². The molecule has 0 aliphatic heterocycles. The minimum absolute atomic E-state index is 0.00816. The maximum atomic E-state index is 13.8. The molecule has 0 atom stereocenters. The molecule has 2 N–H and O–H groups in total. The van der Waals surface area contributed by atoms with Gasteiger partial charge in [0, 0.05) is 11.6 Å². The smallest absolute Gasteiger partial charge is 0.250 e. The first-order valence-corrected chi connectivity index (χ1v) is 10.1. The second-order valence-corrected chi connectivity index (χ2v) is 8.30. The van der Waals surface area contributed by atoms with Gasteiger partial charge in [0.2, 0.25) is 15.7 Å². The van der Waals surface area contributed by atoms with Crippen LogP contribution in [0.25, 0.3) is 12.2 Å². The van der Waals surface area contributed by atoms with Crippen LogP contribution in [0.5, 0.6) is 0 Å². The van der Waals surface area contributed by atoms with Crippen LogP contribution in [0.4, 0.5) is 8.78 Å². The summed E-state index contributed by atoms with van der Waals surface area (Å²) in [7, 11) is -3.96. The SMILES string of the molecule is Cc1cc(S(=O)(=O)c2ccccc2C(N)=O)ccc1/C=C/c1ccc(F)cc1F. The Balaban J connectivity index is 1.97. The van der Waals surface area contributed by atoms with E-state index in [0.717, 1.165) is 12.1 Å². The first-order valence-electron chi connectivity index (χ1n) is 8.58. The third-order valence-corrected chi connectivity index (χ3v) is 6.21. The Morgan fingerprint density at radius 1 is 0.931 bits per heavy atom. The fourth-order valence-electron chi connectivity index (χ4n) is 2.85. The molecule has 0 heterocycles. The molecule has 0 bridgehead atoms. The van der Waals surface area contributed by atoms with Crippen LogP contribution in [0.1, 0.15) is 27.0 Å². The summed E-state index contributed by atoms with van der Waals surface area (Å²) in [5.41, 5.74) is 6.71. The normalized spacial score (nSPS) is 11.7. The third-order valence-electron chi connectivity index (χ3n) is 4.40. The van der Waals surface area contributed by atoms with E-state index in [4.69, 9.17) is 5.73 Å². The third kappa shape index (κ3) is 4.25. The maximum Gasteiger partial charge on any atom is 0.250 e. The molecular formula is C22H17F2NO3S. The van der Waals surface area contributed by atoms with Crippen molar-refractivity contribution in [3.05, 3.63) is 94.6 Å². The first-order chi connectivity index (χ1) is 13.7. The van der Waals surface area contributed by atoms with Crippen LogP contribution in [-0.2, 0) is 9.84 Å². The molecule has 0 radical (unpaired) electrons. The number of hydrogen-bond donors (Lipinski definition) is 1. The molecule has 0 fully saturated rings. The van der Waals surface area contributed by atoms with Gasteiger partial charge in [-0.3, -0.25) is 4.79 Å². The summed E-state index contributed by atoms with van der Waals surface area (Å²) in [6.45, 7) is 1.71. The topological polar surface area (TPSA) is 77.2 Å². The lowest BCUT2D eigenvalue weighted by Gasteiger charge is -2.10. The minimum Gasteiger partial charge on any atom is -0.366 e. The minimum atomic E-state index is -3.96. The van der Waals surface area contributed by atoms with E-state index in [2.05, 4.69) is 0 Å². The van der Waals surface area contributed by atoms with Crippen molar-refractivity contribution in [1.29, 1.82) is 0 Å². The Morgan fingerprint density at radius 2 is 1.59 bits per heavy atom. The molecule has 0 saturated carbocycles. The molecule has 29 heavy (non-hydrogen) atoms. The summed E-state index contributed by atoms with van der Waals surface area (Å²) in [5.74, 6) is -2.19. The van der Waals surface area contributed by atoms with Crippen molar-refractivity contribution in [3.63, 3.8) is 0 Å². The number of nitrogens with two attached hydrogens (primary N) is 1. The Hall–Kier alpha value is -3.32. The molecule has 0 spiro atoms. The summed E-state index contributed by atoms with van der Waals surface area (Å²) in [4.78, 5) is 11.4. The highest BCUT2D eigenvalue weighted by Crippen LogP contribution is 2.26. The molecule has 0 aliphatic rings. The van der Waals surface area contributed by atoms with E-state index in [0.29, 0.717) is 11.1 Å². The number of benzene rings is 3. The Labute approximate surface area is 167 Å². The zero-order valence-electron chi connectivity index (χ0n) is 15.4. The van der Waals surface area contributed by atoms with Gasteiger partial charge in [-0.2, -0.15) is 0 Å². The zero-order chi connectivity index (χ0) is 21.2. The van der Waals surface area contributed by atoms with Gasteiger partial charge >= 0.3 is 0 Å². The summed E-state index contributed by atoms with van der Waals surface area (Å²) in [5, 5.41) is 0. The number of aryl methyl sites for hydroxylation is 1. The predicted octanol–water partition coefficient (Wildman–Crippen LogP) is 4.38. The average molecular weight is 413 g/mol. The first kappa shape index (κ1) is 20.4. The van der Waals surface area contributed by atoms with E-state index in [1.807, 2.05) is 0 Å². The van der Waals surface area contributed by atoms with Gasteiger partial charge in [-0.05, 0) is 54.4 Å². The number of rotatable bonds is 5. The number of sulfone groups is 1. The fourth-order valence-corrected chi connectivity index (χ4v) is 4.40. The number of primary amides is 1. The van der Waals surface area contributed by atoms with Gasteiger partial charge < -0.3 is 5.73 Å². The summed E-state index contributed by atoms with van der Waals surface area (Å²) in [6.07, 6.45) is 3.09. The maximum absolute atomic E-state index is 13.8. The van der Waals surface area contributed by atoms with Crippen LogP contribution in [0.3, 0.4) is 0 Å². The van der Waals surface area contributed by atoms with E-state index >= 15 is 0 Å².